The molecule has 302 valence electrons. The van der Waals surface area contributed by atoms with Crippen molar-refractivity contribution in [2.75, 3.05) is 0 Å². The van der Waals surface area contributed by atoms with Crippen molar-refractivity contribution in [1.29, 1.82) is 0 Å². The molecule has 0 N–H and O–H groups in total. The van der Waals surface area contributed by atoms with Crippen LogP contribution in [-0.4, -0.2) is 19.5 Å². The van der Waals surface area contributed by atoms with Gasteiger partial charge in [0.15, 0.2) is 17.5 Å². The first kappa shape index (κ1) is 36.1. The van der Waals surface area contributed by atoms with E-state index < -0.39 is 0 Å². The van der Waals surface area contributed by atoms with Crippen LogP contribution in [0.3, 0.4) is 0 Å². The van der Waals surface area contributed by atoms with E-state index in [1.54, 1.807) is 11.3 Å². The third kappa shape index (κ3) is 5.61. The molecule has 0 bridgehead atoms. The Kier molecular flexibility index (Phi) is 7.79. The van der Waals surface area contributed by atoms with Crippen molar-refractivity contribution >= 4 is 96.8 Å². The molecule has 0 atom stereocenters. The van der Waals surface area contributed by atoms with Crippen LogP contribution in [0.1, 0.15) is 0 Å². The monoisotopic (exact) mass is 846 g/mol. The third-order valence-electron chi connectivity index (χ3n) is 13.0. The summed E-state index contributed by atoms with van der Waals surface area (Å²) in [5, 5.41) is 11.6. The van der Waals surface area contributed by atoms with Crippen LogP contribution < -0.4 is 0 Å². The Labute approximate surface area is 376 Å². The van der Waals surface area contributed by atoms with Gasteiger partial charge < -0.3 is 8.98 Å². The van der Waals surface area contributed by atoms with Crippen LogP contribution in [-0.2, 0) is 0 Å². The number of fused-ring (bicyclic) bond motifs is 11. The summed E-state index contributed by atoms with van der Waals surface area (Å²) in [4.78, 5) is 16.1. The predicted octanol–water partition coefficient (Wildman–Crippen LogP) is 16.2. The molecule has 4 heterocycles. The van der Waals surface area contributed by atoms with Crippen LogP contribution in [0.15, 0.2) is 211 Å². The largest absolute Gasteiger partial charge is 0.456 e. The predicted molar refractivity (Wildman–Crippen MR) is 271 cm³/mol. The number of para-hydroxylation sites is 1. The summed E-state index contributed by atoms with van der Waals surface area (Å²) in [7, 11) is 0. The maximum absolute atomic E-state index is 6.70. The summed E-state index contributed by atoms with van der Waals surface area (Å²) in [5.74, 6) is 1.84. The zero-order valence-corrected chi connectivity index (χ0v) is 35.6. The van der Waals surface area contributed by atoms with Crippen molar-refractivity contribution in [3.05, 3.63) is 206 Å². The minimum atomic E-state index is 0.593. The molecule has 0 unspecified atom stereocenters. The molecule has 10 aromatic carbocycles. The lowest BCUT2D eigenvalue weighted by atomic mass is 9.93. The van der Waals surface area contributed by atoms with E-state index >= 15 is 0 Å². The molecule has 0 aliphatic heterocycles. The second kappa shape index (κ2) is 14.0. The number of hydrogen-bond acceptors (Lipinski definition) is 5. The van der Waals surface area contributed by atoms with Gasteiger partial charge in [0, 0.05) is 64.1 Å². The Morgan fingerprint density at radius 1 is 0.354 bits per heavy atom. The van der Waals surface area contributed by atoms with Gasteiger partial charge in [-0.3, -0.25) is 0 Å². The summed E-state index contributed by atoms with van der Waals surface area (Å²) in [6.45, 7) is 0. The van der Waals surface area contributed by atoms with Gasteiger partial charge in [-0.05, 0) is 99.4 Å². The Bertz CT molecular complexity index is 4260. The molecule has 0 amide bonds. The van der Waals surface area contributed by atoms with Gasteiger partial charge in [0.25, 0.3) is 0 Å². The van der Waals surface area contributed by atoms with Crippen LogP contribution in [0.4, 0.5) is 0 Å². The zero-order valence-electron chi connectivity index (χ0n) is 34.7. The van der Waals surface area contributed by atoms with Crippen molar-refractivity contribution < 1.29 is 4.42 Å². The van der Waals surface area contributed by atoms with Gasteiger partial charge in [0.2, 0.25) is 0 Å². The molecule has 65 heavy (non-hydrogen) atoms. The van der Waals surface area contributed by atoms with Crippen LogP contribution in [0.25, 0.3) is 136 Å². The number of thiophene rings is 1. The first-order chi connectivity index (χ1) is 32.2. The number of furan rings is 1. The lowest BCUT2D eigenvalue weighted by molar-refractivity contribution is 0.669. The van der Waals surface area contributed by atoms with E-state index in [9.17, 15) is 0 Å². The number of benzene rings is 10. The van der Waals surface area contributed by atoms with Crippen molar-refractivity contribution in [3.8, 4) is 51.0 Å². The maximum Gasteiger partial charge on any atom is 0.164 e. The minimum Gasteiger partial charge on any atom is -0.456 e. The maximum atomic E-state index is 6.70. The molecule has 0 radical (unpaired) electrons. The summed E-state index contributed by atoms with van der Waals surface area (Å²) in [5.41, 5.74) is 9.81. The minimum absolute atomic E-state index is 0.593. The fourth-order valence-electron chi connectivity index (χ4n) is 10.1. The quantitative estimate of drug-likeness (QED) is 0.173. The normalized spacial score (nSPS) is 12.0. The molecule has 0 saturated carbocycles. The van der Waals surface area contributed by atoms with E-state index in [2.05, 4.69) is 193 Å². The van der Waals surface area contributed by atoms with Gasteiger partial charge in [0.05, 0.1) is 11.0 Å². The summed E-state index contributed by atoms with van der Waals surface area (Å²) in [6.07, 6.45) is 0. The van der Waals surface area contributed by atoms with Crippen molar-refractivity contribution in [1.82, 2.24) is 19.5 Å². The van der Waals surface area contributed by atoms with Gasteiger partial charge in [-0.1, -0.05) is 140 Å². The highest BCUT2D eigenvalue weighted by Crippen LogP contribution is 2.45. The van der Waals surface area contributed by atoms with E-state index in [-0.39, 0.29) is 0 Å². The molecule has 5 nitrogen and oxygen atoms in total. The fraction of sp³-hybridized carbons (Fsp3) is 0. The Morgan fingerprint density at radius 3 is 1.82 bits per heavy atom. The molecular weight excluding hydrogens is 813 g/mol. The Balaban J connectivity index is 1.09. The number of rotatable bonds is 5. The van der Waals surface area contributed by atoms with Crippen molar-refractivity contribution in [3.63, 3.8) is 0 Å². The molecule has 4 aromatic heterocycles. The second-order valence-electron chi connectivity index (χ2n) is 16.7. The smallest absolute Gasteiger partial charge is 0.164 e. The topological polar surface area (TPSA) is 56.7 Å². The van der Waals surface area contributed by atoms with Gasteiger partial charge in [0.1, 0.15) is 11.2 Å². The van der Waals surface area contributed by atoms with Crippen LogP contribution in [0.2, 0.25) is 0 Å². The lowest BCUT2D eigenvalue weighted by Crippen LogP contribution is -2.02. The van der Waals surface area contributed by atoms with E-state index in [1.165, 1.54) is 36.3 Å². The number of hydrogen-bond donors (Lipinski definition) is 0. The van der Waals surface area contributed by atoms with Crippen LogP contribution in [0, 0.1) is 0 Å². The Hall–Kier alpha value is -8.45. The zero-order chi connectivity index (χ0) is 42.6. The molecular formula is C59H34N4OS. The number of nitrogens with zero attached hydrogens (tertiary/aromatic N) is 4. The van der Waals surface area contributed by atoms with E-state index in [0.717, 1.165) is 82.6 Å². The highest BCUT2D eigenvalue weighted by molar-refractivity contribution is 7.25. The fourth-order valence-corrected chi connectivity index (χ4v) is 11.2. The first-order valence-electron chi connectivity index (χ1n) is 21.8. The average molecular weight is 847 g/mol. The van der Waals surface area contributed by atoms with Gasteiger partial charge in [-0.2, -0.15) is 0 Å². The van der Waals surface area contributed by atoms with Gasteiger partial charge in [-0.15, -0.1) is 11.3 Å². The SMILES string of the molecule is c1ccc(-c2nc(-c3ccc(-n4c5ccccc5c5cc6ccccc6cc54)cc3-c3cccc4oc5cc6ccccc6cc5c34)nc(-c3cccc4sc5ccccc5c34)n2)cc1. The highest BCUT2D eigenvalue weighted by Gasteiger charge is 2.23. The molecule has 0 aliphatic carbocycles. The summed E-state index contributed by atoms with van der Waals surface area (Å²) >= 11 is 1.79. The molecule has 14 aromatic rings. The molecule has 6 heteroatoms. The molecule has 0 spiro atoms. The standard InChI is InChI=1S/C59H34N4OS/c1-2-14-35(15-3-1)57-60-58(62-59(61-57)45-23-13-27-54-56(45)44-21-9-11-26-53(44)65-54)43-29-28-40(63-49-24-10-8-20-41(49)47-30-36-16-4-6-18-38(36)32-50(47)63)34-46(43)42-22-12-25-51-55(42)48-31-37-17-5-7-19-39(37)33-52(48)64-51/h1-34H. The molecule has 0 aliphatic rings. The number of aromatic nitrogens is 4. The van der Waals surface area contributed by atoms with Crippen molar-refractivity contribution in [2.45, 2.75) is 0 Å². The van der Waals surface area contributed by atoms with Crippen molar-refractivity contribution in [2.24, 2.45) is 0 Å². The van der Waals surface area contributed by atoms with E-state index in [4.69, 9.17) is 19.4 Å². The molecule has 0 fully saturated rings. The second-order valence-corrected chi connectivity index (χ2v) is 17.8. The van der Waals surface area contributed by atoms with Gasteiger partial charge >= 0.3 is 0 Å². The van der Waals surface area contributed by atoms with Crippen LogP contribution >= 0.6 is 11.3 Å². The first-order valence-corrected chi connectivity index (χ1v) is 22.7. The molecule has 0 saturated heterocycles. The van der Waals surface area contributed by atoms with Crippen LogP contribution in [0.5, 0.6) is 0 Å². The summed E-state index contributed by atoms with van der Waals surface area (Å²) < 4.78 is 11.5. The highest BCUT2D eigenvalue weighted by atomic mass is 32.1. The average Bonchev–Trinajstić information content (AvgIpc) is 4.04. The lowest BCUT2D eigenvalue weighted by Gasteiger charge is -2.16. The van der Waals surface area contributed by atoms with E-state index in [1.807, 2.05) is 18.2 Å². The Morgan fingerprint density at radius 2 is 0.985 bits per heavy atom. The molecule has 14 rings (SSSR count). The van der Waals surface area contributed by atoms with E-state index in [0.29, 0.717) is 17.5 Å². The van der Waals surface area contributed by atoms with Gasteiger partial charge in [-0.25, -0.2) is 15.0 Å². The summed E-state index contributed by atoms with van der Waals surface area (Å²) in [6, 6.07) is 73.3. The third-order valence-corrected chi connectivity index (χ3v) is 14.1.